The maximum atomic E-state index is 13.3. The summed E-state index contributed by atoms with van der Waals surface area (Å²) in [5.41, 5.74) is 4.15. The Labute approximate surface area is 251 Å². The first-order chi connectivity index (χ1) is 20.3. The highest BCUT2D eigenvalue weighted by Gasteiger charge is 2.61. The van der Waals surface area contributed by atoms with Gasteiger partial charge in [0.15, 0.2) is 12.4 Å². The SMILES string of the molecule is Cc1ccc2nc(-c3ccc(N4C(=O)C5C6CCC(C6)C5C4=O)cc3)cc(C(=O)OCC(=O)c3ccc(Br)cc3)c2c1. The number of nitrogens with zero attached hydrogens (tertiary/aromatic N) is 2. The third kappa shape index (κ3) is 4.45. The molecule has 7 rings (SSSR count). The smallest absolute Gasteiger partial charge is 0.339 e. The molecule has 7 nitrogen and oxygen atoms in total. The van der Waals surface area contributed by atoms with Crippen LogP contribution in [0.3, 0.4) is 0 Å². The van der Waals surface area contributed by atoms with Crippen molar-refractivity contribution in [3.63, 3.8) is 0 Å². The Bertz CT molecular complexity index is 1750. The number of carbonyl (C=O) groups is 4. The van der Waals surface area contributed by atoms with Crippen molar-refractivity contribution in [3.8, 4) is 11.3 Å². The van der Waals surface area contributed by atoms with Gasteiger partial charge in [-0.2, -0.15) is 0 Å². The van der Waals surface area contributed by atoms with Gasteiger partial charge in [-0.3, -0.25) is 19.3 Å². The van der Waals surface area contributed by atoms with Crippen LogP contribution in [0, 0.1) is 30.6 Å². The Balaban J connectivity index is 1.16. The second kappa shape index (κ2) is 10.3. The van der Waals surface area contributed by atoms with E-state index in [0.29, 0.717) is 45.2 Å². The fraction of sp³-hybridized carbons (Fsp3) is 0.265. The summed E-state index contributed by atoms with van der Waals surface area (Å²) in [6.07, 6.45) is 3.07. The van der Waals surface area contributed by atoms with Crippen LogP contribution in [0.5, 0.6) is 0 Å². The number of aryl methyl sites for hydroxylation is 1. The fourth-order valence-corrected chi connectivity index (χ4v) is 7.29. The first-order valence-corrected chi connectivity index (χ1v) is 14.9. The molecule has 1 saturated heterocycles. The van der Waals surface area contributed by atoms with E-state index in [9.17, 15) is 19.2 Å². The van der Waals surface area contributed by atoms with E-state index in [4.69, 9.17) is 9.72 Å². The zero-order chi connectivity index (χ0) is 29.1. The number of Topliss-reactive ketones (excluding diaryl/α,β-unsaturated/α-hetero) is 1. The number of imide groups is 1. The van der Waals surface area contributed by atoms with Crippen molar-refractivity contribution in [3.05, 3.63) is 94.0 Å². The molecule has 3 aromatic carbocycles. The highest BCUT2D eigenvalue weighted by atomic mass is 79.9. The number of hydrogen-bond acceptors (Lipinski definition) is 6. The van der Waals surface area contributed by atoms with Gasteiger partial charge in [0.2, 0.25) is 11.8 Å². The van der Waals surface area contributed by atoms with Crippen LogP contribution in [0.4, 0.5) is 5.69 Å². The second-order valence-corrected chi connectivity index (χ2v) is 12.4. The molecule has 2 heterocycles. The van der Waals surface area contributed by atoms with E-state index in [2.05, 4.69) is 15.9 Å². The van der Waals surface area contributed by atoms with Crippen LogP contribution in [0.2, 0.25) is 0 Å². The molecule has 4 atom stereocenters. The molecule has 3 fully saturated rings. The predicted molar refractivity (Wildman–Crippen MR) is 161 cm³/mol. The summed E-state index contributed by atoms with van der Waals surface area (Å²) in [6, 6.07) is 21.3. The molecule has 1 aliphatic heterocycles. The van der Waals surface area contributed by atoms with Crippen molar-refractivity contribution in [2.75, 3.05) is 11.5 Å². The number of carbonyl (C=O) groups excluding carboxylic acids is 4. The van der Waals surface area contributed by atoms with Crippen LogP contribution in [-0.2, 0) is 14.3 Å². The third-order valence-corrected chi connectivity index (χ3v) is 9.56. The first kappa shape index (κ1) is 26.7. The van der Waals surface area contributed by atoms with Crippen LogP contribution < -0.4 is 4.90 Å². The van der Waals surface area contributed by atoms with Crippen molar-refractivity contribution in [1.29, 1.82) is 0 Å². The van der Waals surface area contributed by atoms with Gasteiger partial charge in [0.05, 0.1) is 34.3 Å². The highest BCUT2D eigenvalue weighted by molar-refractivity contribution is 9.10. The monoisotopic (exact) mass is 622 g/mol. The molecule has 42 heavy (non-hydrogen) atoms. The van der Waals surface area contributed by atoms with Crippen LogP contribution in [0.15, 0.2) is 77.3 Å². The van der Waals surface area contributed by atoms with E-state index in [1.54, 1.807) is 42.5 Å². The van der Waals surface area contributed by atoms with Gasteiger partial charge in [0.25, 0.3) is 0 Å². The summed E-state index contributed by atoms with van der Waals surface area (Å²) in [5, 5.41) is 0.630. The number of esters is 1. The Morgan fingerprint density at radius 1 is 0.905 bits per heavy atom. The number of ether oxygens (including phenoxy) is 1. The third-order valence-electron chi connectivity index (χ3n) is 9.03. The van der Waals surface area contributed by atoms with Crippen LogP contribution in [0.25, 0.3) is 22.2 Å². The standard InChI is InChI=1S/C34H27BrN2O5/c1-18-2-13-27-25(14-18)26(34(41)42-17-29(38)20-5-9-23(35)10-6-20)16-28(36-27)19-7-11-24(12-8-19)37-32(39)30-21-3-4-22(15-21)31(30)33(37)40/h2,5-14,16,21-22,30-31H,3-4,15,17H2,1H3. The zero-order valence-corrected chi connectivity index (χ0v) is 24.5. The van der Waals surface area contributed by atoms with Gasteiger partial charge in [-0.25, -0.2) is 9.78 Å². The molecular weight excluding hydrogens is 596 g/mol. The molecule has 4 unspecified atom stereocenters. The number of pyridine rings is 1. The molecule has 2 aliphatic carbocycles. The molecule has 2 saturated carbocycles. The minimum absolute atomic E-state index is 0.0770. The quantitative estimate of drug-likeness (QED) is 0.138. The number of ketones is 1. The molecule has 1 aromatic heterocycles. The number of hydrogen-bond donors (Lipinski definition) is 0. The molecular formula is C34H27BrN2O5. The number of amides is 2. The van der Waals surface area contributed by atoms with Crippen LogP contribution >= 0.6 is 15.9 Å². The Morgan fingerprint density at radius 3 is 2.24 bits per heavy atom. The molecule has 8 heteroatoms. The van der Waals surface area contributed by atoms with Crippen LogP contribution in [0.1, 0.15) is 45.5 Å². The summed E-state index contributed by atoms with van der Waals surface area (Å²) < 4.78 is 6.32. The van der Waals surface area contributed by atoms with E-state index in [0.717, 1.165) is 34.9 Å². The fourth-order valence-electron chi connectivity index (χ4n) is 7.03. The van der Waals surface area contributed by atoms with E-state index >= 15 is 0 Å². The van der Waals surface area contributed by atoms with Gasteiger partial charge in [-0.15, -0.1) is 0 Å². The topological polar surface area (TPSA) is 93.6 Å². The van der Waals surface area contributed by atoms with Crippen LogP contribution in [-0.4, -0.2) is 35.2 Å². The number of fused-ring (bicyclic) bond motifs is 6. The number of anilines is 1. The average molecular weight is 624 g/mol. The van der Waals surface area contributed by atoms with Gasteiger partial charge in [0.1, 0.15) is 0 Å². The normalized spacial score (nSPS) is 22.6. The number of aromatic nitrogens is 1. The average Bonchev–Trinajstić information content (AvgIpc) is 3.69. The number of halogens is 1. The largest absolute Gasteiger partial charge is 0.454 e. The van der Waals surface area contributed by atoms with Crippen molar-refractivity contribution in [1.82, 2.24) is 4.98 Å². The summed E-state index contributed by atoms with van der Waals surface area (Å²) in [4.78, 5) is 58.6. The van der Waals surface area contributed by atoms with Crippen molar-refractivity contribution >= 4 is 56.1 Å². The lowest BCUT2D eigenvalue weighted by molar-refractivity contribution is -0.123. The lowest BCUT2D eigenvalue weighted by Crippen LogP contribution is -2.32. The molecule has 2 amide bonds. The van der Waals surface area contributed by atoms with Gasteiger partial charge in [0, 0.05) is 21.0 Å². The molecule has 0 N–H and O–H groups in total. The predicted octanol–water partition coefficient (Wildman–Crippen LogP) is 6.55. The minimum Gasteiger partial charge on any atom is -0.454 e. The van der Waals surface area contributed by atoms with Gasteiger partial charge < -0.3 is 4.74 Å². The number of benzene rings is 3. The van der Waals surface area contributed by atoms with E-state index in [1.165, 1.54) is 4.90 Å². The summed E-state index contributed by atoms with van der Waals surface area (Å²) in [5.74, 6) is -0.769. The zero-order valence-electron chi connectivity index (χ0n) is 22.9. The lowest BCUT2D eigenvalue weighted by Gasteiger charge is -2.19. The maximum Gasteiger partial charge on any atom is 0.339 e. The van der Waals surface area contributed by atoms with Gasteiger partial charge in [-0.1, -0.05) is 51.8 Å². The number of rotatable bonds is 6. The molecule has 210 valence electrons. The summed E-state index contributed by atoms with van der Waals surface area (Å²) in [6.45, 7) is 1.54. The molecule has 3 aliphatic rings. The first-order valence-electron chi connectivity index (χ1n) is 14.1. The maximum absolute atomic E-state index is 13.3. The van der Waals surface area contributed by atoms with Gasteiger partial charge in [-0.05, 0) is 80.5 Å². The molecule has 4 aromatic rings. The van der Waals surface area contributed by atoms with E-state index in [1.807, 2.05) is 37.3 Å². The van der Waals surface area contributed by atoms with Gasteiger partial charge >= 0.3 is 5.97 Å². The van der Waals surface area contributed by atoms with Crippen molar-refractivity contribution in [2.45, 2.75) is 26.2 Å². The molecule has 0 spiro atoms. The Kier molecular flexibility index (Phi) is 6.54. The van der Waals surface area contributed by atoms with Crippen molar-refractivity contribution < 1.29 is 23.9 Å². The van der Waals surface area contributed by atoms with E-state index in [-0.39, 0.29) is 36.0 Å². The molecule has 0 radical (unpaired) electrons. The summed E-state index contributed by atoms with van der Waals surface area (Å²) in [7, 11) is 0. The minimum atomic E-state index is -0.620. The highest BCUT2D eigenvalue weighted by Crippen LogP contribution is 2.56. The van der Waals surface area contributed by atoms with E-state index < -0.39 is 5.97 Å². The van der Waals surface area contributed by atoms with Crippen molar-refractivity contribution in [2.24, 2.45) is 23.7 Å². The molecule has 2 bridgehead atoms. The summed E-state index contributed by atoms with van der Waals surface area (Å²) >= 11 is 3.35. The lowest BCUT2D eigenvalue weighted by atomic mass is 9.81. The Hall–Kier alpha value is -4.17. The second-order valence-electron chi connectivity index (χ2n) is 11.5. The Morgan fingerprint density at radius 2 is 1.57 bits per heavy atom.